The van der Waals surface area contributed by atoms with E-state index in [1.807, 2.05) is 38.1 Å². The Labute approximate surface area is 161 Å². The topological polar surface area (TPSA) is 86.5 Å². The van der Waals surface area contributed by atoms with E-state index in [0.29, 0.717) is 16.5 Å². The predicted octanol–water partition coefficient (Wildman–Crippen LogP) is 4.19. The highest BCUT2D eigenvalue weighted by Crippen LogP contribution is 2.27. The Hall–Kier alpha value is -3.06. The molecule has 0 aliphatic rings. The van der Waals surface area contributed by atoms with E-state index in [0.717, 1.165) is 11.3 Å². The lowest BCUT2D eigenvalue weighted by Crippen LogP contribution is -2.20. The molecule has 0 atom stereocenters. The standard InChI is InChI=1S/C19H18ClN3O4/c1-12(2)26-14-9-7-13(8-10-14)18-19(23-27-22-18)21-17(24)11-25-16-6-4-3-5-15(16)20/h3-10,12H,11H2,1-2H3,(H,21,23,24). The zero-order valence-corrected chi connectivity index (χ0v) is 15.6. The normalized spacial score (nSPS) is 10.7. The predicted molar refractivity (Wildman–Crippen MR) is 101 cm³/mol. The van der Waals surface area contributed by atoms with Crippen molar-refractivity contribution >= 4 is 23.3 Å². The summed E-state index contributed by atoms with van der Waals surface area (Å²) in [6.07, 6.45) is 0.0811. The number of amides is 1. The van der Waals surface area contributed by atoms with Crippen molar-refractivity contribution in [2.45, 2.75) is 20.0 Å². The SMILES string of the molecule is CC(C)Oc1ccc(-c2nonc2NC(=O)COc2ccccc2Cl)cc1. The van der Waals surface area contributed by atoms with Crippen LogP contribution in [0.25, 0.3) is 11.3 Å². The summed E-state index contributed by atoms with van der Waals surface area (Å²) in [7, 11) is 0. The first-order valence-corrected chi connectivity index (χ1v) is 8.67. The molecule has 3 rings (SSSR count). The van der Waals surface area contributed by atoms with Crippen molar-refractivity contribution in [1.82, 2.24) is 10.3 Å². The molecule has 0 aliphatic carbocycles. The minimum atomic E-state index is -0.411. The zero-order valence-electron chi connectivity index (χ0n) is 14.8. The van der Waals surface area contributed by atoms with E-state index >= 15 is 0 Å². The van der Waals surface area contributed by atoms with Gasteiger partial charge < -0.3 is 14.8 Å². The summed E-state index contributed by atoms with van der Waals surface area (Å²) < 4.78 is 15.8. The second-order valence-corrected chi connectivity index (χ2v) is 6.33. The molecule has 8 heteroatoms. The van der Waals surface area contributed by atoms with E-state index in [-0.39, 0.29) is 18.5 Å². The van der Waals surface area contributed by atoms with Crippen LogP contribution in [0.15, 0.2) is 53.2 Å². The Morgan fingerprint density at radius 3 is 2.59 bits per heavy atom. The van der Waals surface area contributed by atoms with Gasteiger partial charge in [-0.25, -0.2) is 4.63 Å². The van der Waals surface area contributed by atoms with Gasteiger partial charge in [0, 0.05) is 5.56 Å². The lowest BCUT2D eigenvalue weighted by atomic mass is 10.1. The Morgan fingerprint density at radius 2 is 1.89 bits per heavy atom. The molecule has 0 bridgehead atoms. The van der Waals surface area contributed by atoms with Crippen molar-refractivity contribution in [3.63, 3.8) is 0 Å². The van der Waals surface area contributed by atoms with Gasteiger partial charge in [0.2, 0.25) is 5.82 Å². The van der Waals surface area contributed by atoms with Crippen molar-refractivity contribution in [1.29, 1.82) is 0 Å². The number of carbonyl (C=O) groups excluding carboxylic acids is 1. The monoisotopic (exact) mass is 387 g/mol. The molecule has 0 saturated heterocycles. The largest absolute Gasteiger partial charge is 0.491 e. The summed E-state index contributed by atoms with van der Waals surface area (Å²) in [5.74, 6) is 0.962. The summed E-state index contributed by atoms with van der Waals surface area (Å²) in [5, 5.41) is 10.7. The summed E-state index contributed by atoms with van der Waals surface area (Å²) in [5.41, 5.74) is 1.15. The lowest BCUT2D eigenvalue weighted by Gasteiger charge is -2.10. The Balaban J connectivity index is 1.64. The minimum absolute atomic E-state index is 0.0811. The van der Waals surface area contributed by atoms with Crippen LogP contribution < -0.4 is 14.8 Å². The van der Waals surface area contributed by atoms with Gasteiger partial charge in [0.15, 0.2) is 12.3 Å². The van der Waals surface area contributed by atoms with Crippen molar-refractivity contribution in [3.05, 3.63) is 53.6 Å². The number of halogens is 1. The van der Waals surface area contributed by atoms with Gasteiger partial charge >= 0.3 is 0 Å². The number of carbonyl (C=O) groups is 1. The maximum absolute atomic E-state index is 12.1. The van der Waals surface area contributed by atoms with Gasteiger partial charge in [0.25, 0.3) is 5.91 Å². The number of aromatic nitrogens is 2. The van der Waals surface area contributed by atoms with Crippen LogP contribution in [0.3, 0.4) is 0 Å². The van der Waals surface area contributed by atoms with Crippen LogP contribution in [-0.4, -0.2) is 28.9 Å². The molecule has 27 heavy (non-hydrogen) atoms. The Morgan fingerprint density at radius 1 is 1.15 bits per heavy atom. The smallest absolute Gasteiger partial charge is 0.263 e. The number of ether oxygens (including phenoxy) is 2. The fourth-order valence-corrected chi connectivity index (χ4v) is 2.49. The number of hydrogen-bond acceptors (Lipinski definition) is 6. The molecule has 0 radical (unpaired) electrons. The van der Waals surface area contributed by atoms with E-state index in [4.69, 9.17) is 25.7 Å². The van der Waals surface area contributed by atoms with Crippen LogP contribution in [0.2, 0.25) is 5.02 Å². The summed E-state index contributed by atoms with van der Waals surface area (Å²) in [6.45, 7) is 3.68. The second kappa shape index (κ2) is 8.55. The fourth-order valence-electron chi connectivity index (χ4n) is 2.30. The number of benzene rings is 2. The third kappa shape index (κ3) is 4.98. The highest BCUT2D eigenvalue weighted by Gasteiger charge is 2.16. The minimum Gasteiger partial charge on any atom is -0.491 e. The fraction of sp³-hybridized carbons (Fsp3) is 0.211. The third-order valence-electron chi connectivity index (χ3n) is 3.44. The summed E-state index contributed by atoms with van der Waals surface area (Å²) in [6, 6.07) is 14.2. The van der Waals surface area contributed by atoms with Crippen LogP contribution >= 0.6 is 11.6 Å². The van der Waals surface area contributed by atoms with E-state index < -0.39 is 5.91 Å². The number of nitrogens with zero attached hydrogens (tertiary/aromatic N) is 2. The molecule has 0 unspecified atom stereocenters. The van der Waals surface area contributed by atoms with Crippen molar-refractivity contribution in [2.75, 3.05) is 11.9 Å². The van der Waals surface area contributed by atoms with Gasteiger partial charge in [0.1, 0.15) is 11.5 Å². The van der Waals surface area contributed by atoms with Gasteiger partial charge in [-0.2, -0.15) is 0 Å². The van der Waals surface area contributed by atoms with Gasteiger partial charge in [-0.05, 0) is 60.6 Å². The van der Waals surface area contributed by atoms with Gasteiger partial charge in [-0.1, -0.05) is 23.7 Å². The number of nitrogens with one attached hydrogen (secondary N) is 1. The van der Waals surface area contributed by atoms with E-state index in [1.54, 1.807) is 24.3 Å². The van der Waals surface area contributed by atoms with E-state index in [2.05, 4.69) is 15.6 Å². The molecule has 0 spiro atoms. The zero-order chi connectivity index (χ0) is 19.2. The van der Waals surface area contributed by atoms with Gasteiger partial charge in [-0.15, -0.1) is 0 Å². The molecule has 1 amide bonds. The average molecular weight is 388 g/mol. The van der Waals surface area contributed by atoms with Crippen molar-refractivity contribution in [3.8, 4) is 22.8 Å². The highest BCUT2D eigenvalue weighted by molar-refractivity contribution is 6.32. The maximum atomic E-state index is 12.1. The Bertz CT molecular complexity index is 909. The molecule has 7 nitrogen and oxygen atoms in total. The average Bonchev–Trinajstić information content (AvgIpc) is 3.09. The summed E-state index contributed by atoms with van der Waals surface area (Å²) >= 11 is 6.00. The van der Waals surface area contributed by atoms with E-state index in [9.17, 15) is 4.79 Å². The van der Waals surface area contributed by atoms with Gasteiger partial charge in [0.05, 0.1) is 11.1 Å². The second-order valence-electron chi connectivity index (χ2n) is 5.92. The number of anilines is 1. The first kappa shape index (κ1) is 18.7. The van der Waals surface area contributed by atoms with Crippen LogP contribution in [0.5, 0.6) is 11.5 Å². The molecule has 1 N–H and O–H groups in total. The number of rotatable bonds is 7. The maximum Gasteiger partial charge on any atom is 0.263 e. The van der Waals surface area contributed by atoms with Crippen LogP contribution in [0, 0.1) is 0 Å². The molecule has 140 valence electrons. The molecule has 1 aromatic heterocycles. The molecule has 2 aromatic carbocycles. The summed E-state index contributed by atoms with van der Waals surface area (Å²) in [4.78, 5) is 12.1. The van der Waals surface area contributed by atoms with Crippen molar-refractivity contribution in [2.24, 2.45) is 0 Å². The Kier molecular flexibility index (Phi) is 5.93. The molecule has 0 fully saturated rings. The third-order valence-corrected chi connectivity index (χ3v) is 3.75. The van der Waals surface area contributed by atoms with Crippen LogP contribution in [0.4, 0.5) is 5.82 Å². The first-order valence-electron chi connectivity index (χ1n) is 8.30. The number of hydrogen-bond donors (Lipinski definition) is 1. The molecule has 0 aliphatic heterocycles. The molecule has 3 aromatic rings. The molecule has 1 heterocycles. The van der Waals surface area contributed by atoms with Crippen LogP contribution in [-0.2, 0) is 4.79 Å². The lowest BCUT2D eigenvalue weighted by molar-refractivity contribution is -0.118. The quantitative estimate of drug-likeness (QED) is 0.654. The number of para-hydroxylation sites is 1. The molecule has 0 saturated carbocycles. The van der Waals surface area contributed by atoms with Crippen LogP contribution in [0.1, 0.15) is 13.8 Å². The first-order chi connectivity index (χ1) is 13.0. The highest BCUT2D eigenvalue weighted by atomic mass is 35.5. The van der Waals surface area contributed by atoms with E-state index in [1.165, 1.54) is 0 Å². The molecular weight excluding hydrogens is 370 g/mol. The van der Waals surface area contributed by atoms with Gasteiger partial charge in [-0.3, -0.25) is 4.79 Å². The van der Waals surface area contributed by atoms with Crippen molar-refractivity contribution < 1.29 is 18.9 Å². The molecular formula is C19H18ClN3O4.